The molecular weight excluding hydrogens is 419 g/mol. The van der Waals surface area contributed by atoms with E-state index in [4.69, 9.17) is 0 Å². The standard InChI is InChI=1S/C26H27FN4O2/c1-5-18-8-6-10-20(14-18)28-23(32)13-12-22-16(2)24-17(3)29-31(25(24)30(4)26(22)33)21-11-7-9-19(27)15-21/h6-11,14-15H,5,12-13H2,1-4H3,(H,28,32). The number of halogens is 1. The number of aryl methyl sites for hydroxylation is 4. The summed E-state index contributed by atoms with van der Waals surface area (Å²) in [4.78, 5) is 25.8. The van der Waals surface area contributed by atoms with Crippen LogP contribution in [0.15, 0.2) is 53.3 Å². The fraction of sp³-hybridized carbons (Fsp3) is 0.269. The Morgan fingerprint density at radius 2 is 1.88 bits per heavy atom. The number of pyridine rings is 1. The molecule has 0 aliphatic rings. The molecule has 2 heterocycles. The molecule has 1 N–H and O–H groups in total. The number of anilines is 1. The summed E-state index contributed by atoms with van der Waals surface area (Å²) in [7, 11) is 1.68. The first kappa shape index (κ1) is 22.5. The van der Waals surface area contributed by atoms with Crippen LogP contribution in [0.25, 0.3) is 16.7 Å². The molecule has 0 aliphatic heterocycles. The van der Waals surface area contributed by atoms with E-state index in [0.717, 1.165) is 34.3 Å². The molecule has 0 aliphatic carbocycles. The third-order valence-corrected chi connectivity index (χ3v) is 6.02. The van der Waals surface area contributed by atoms with Crippen molar-refractivity contribution in [1.82, 2.24) is 14.3 Å². The van der Waals surface area contributed by atoms with Gasteiger partial charge in [0.15, 0.2) is 0 Å². The monoisotopic (exact) mass is 446 g/mol. The number of carbonyl (C=O) groups excluding carboxylic acids is 1. The number of aromatic nitrogens is 3. The van der Waals surface area contributed by atoms with E-state index in [2.05, 4.69) is 17.3 Å². The zero-order valence-corrected chi connectivity index (χ0v) is 19.3. The normalized spacial score (nSPS) is 11.2. The van der Waals surface area contributed by atoms with Crippen LogP contribution in [0.4, 0.5) is 10.1 Å². The molecule has 33 heavy (non-hydrogen) atoms. The minimum Gasteiger partial charge on any atom is -0.326 e. The molecule has 0 radical (unpaired) electrons. The van der Waals surface area contributed by atoms with Gasteiger partial charge in [0.25, 0.3) is 5.56 Å². The summed E-state index contributed by atoms with van der Waals surface area (Å²) in [5, 5.41) is 8.34. The van der Waals surface area contributed by atoms with E-state index in [1.165, 1.54) is 16.7 Å². The lowest BCUT2D eigenvalue weighted by Gasteiger charge is -2.13. The molecular formula is C26H27FN4O2. The molecule has 0 fully saturated rings. The smallest absolute Gasteiger partial charge is 0.255 e. The highest BCUT2D eigenvalue weighted by Gasteiger charge is 2.20. The van der Waals surface area contributed by atoms with E-state index in [-0.39, 0.29) is 23.7 Å². The van der Waals surface area contributed by atoms with Gasteiger partial charge in [0.2, 0.25) is 5.91 Å². The Balaban J connectivity index is 1.66. The molecule has 0 unspecified atom stereocenters. The number of rotatable bonds is 6. The van der Waals surface area contributed by atoms with Gasteiger partial charge in [-0.3, -0.25) is 14.2 Å². The Kier molecular flexibility index (Phi) is 6.14. The van der Waals surface area contributed by atoms with Crippen molar-refractivity contribution in [2.24, 2.45) is 7.05 Å². The van der Waals surface area contributed by atoms with Crippen LogP contribution in [0.1, 0.15) is 35.7 Å². The van der Waals surface area contributed by atoms with Crippen LogP contribution >= 0.6 is 0 Å². The van der Waals surface area contributed by atoms with Gasteiger partial charge in [0, 0.05) is 30.1 Å². The molecule has 6 nitrogen and oxygen atoms in total. The maximum atomic E-state index is 13.8. The molecule has 2 aromatic carbocycles. The Labute approximate surface area is 191 Å². The van der Waals surface area contributed by atoms with Crippen LogP contribution in [0, 0.1) is 19.7 Å². The van der Waals surface area contributed by atoms with Gasteiger partial charge in [-0.25, -0.2) is 9.07 Å². The molecule has 4 aromatic rings. The van der Waals surface area contributed by atoms with Crippen LogP contribution in [0.2, 0.25) is 0 Å². The van der Waals surface area contributed by atoms with E-state index >= 15 is 0 Å². The second-order valence-corrected chi connectivity index (χ2v) is 8.25. The lowest BCUT2D eigenvalue weighted by atomic mass is 10.0. The topological polar surface area (TPSA) is 68.9 Å². The minimum atomic E-state index is -0.373. The summed E-state index contributed by atoms with van der Waals surface area (Å²) < 4.78 is 16.9. The number of carbonyl (C=O) groups is 1. The third-order valence-electron chi connectivity index (χ3n) is 6.02. The SMILES string of the molecule is CCc1cccc(NC(=O)CCc2c(C)c3c(C)nn(-c4cccc(F)c4)c3n(C)c2=O)c1. The fourth-order valence-electron chi connectivity index (χ4n) is 4.29. The summed E-state index contributed by atoms with van der Waals surface area (Å²) >= 11 is 0. The predicted octanol–water partition coefficient (Wildman–Crippen LogP) is 4.61. The average molecular weight is 447 g/mol. The molecule has 4 rings (SSSR count). The lowest BCUT2D eigenvalue weighted by Crippen LogP contribution is -2.25. The summed E-state index contributed by atoms with van der Waals surface area (Å²) in [5.41, 5.74) is 5.00. The average Bonchev–Trinajstić information content (AvgIpc) is 3.15. The van der Waals surface area contributed by atoms with Gasteiger partial charge in [-0.05, 0) is 68.1 Å². The van der Waals surface area contributed by atoms with Crippen molar-refractivity contribution in [1.29, 1.82) is 0 Å². The largest absolute Gasteiger partial charge is 0.326 e. The van der Waals surface area contributed by atoms with Crippen molar-refractivity contribution in [3.63, 3.8) is 0 Å². The van der Waals surface area contributed by atoms with Gasteiger partial charge < -0.3 is 5.32 Å². The van der Waals surface area contributed by atoms with Crippen molar-refractivity contribution in [3.05, 3.63) is 87.1 Å². The predicted molar refractivity (Wildman–Crippen MR) is 129 cm³/mol. The van der Waals surface area contributed by atoms with Crippen molar-refractivity contribution in [2.75, 3.05) is 5.32 Å². The first-order valence-electron chi connectivity index (χ1n) is 11.0. The van der Waals surface area contributed by atoms with Crippen molar-refractivity contribution in [2.45, 2.75) is 40.0 Å². The minimum absolute atomic E-state index is 0.142. The van der Waals surface area contributed by atoms with Crippen LogP contribution < -0.4 is 10.9 Å². The zero-order valence-electron chi connectivity index (χ0n) is 19.3. The molecule has 1 amide bonds. The summed E-state index contributed by atoms with van der Waals surface area (Å²) in [6.45, 7) is 5.81. The highest BCUT2D eigenvalue weighted by Crippen LogP contribution is 2.26. The maximum Gasteiger partial charge on any atom is 0.255 e. The quantitative estimate of drug-likeness (QED) is 0.470. The van der Waals surface area contributed by atoms with E-state index in [0.29, 0.717) is 23.3 Å². The Morgan fingerprint density at radius 1 is 1.12 bits per heavy atom. The molecule has 170 valence electrons. The molecule has 0 spiro atoms. The Bertz CT molecular complexity index is 1420. The zero-order chi connectivity index (χ0) is 23.7. The van der Waals surface area contributed by atoms with Crippen LogP contribution in [-0.2, 0) is 24.7 Å². The maximum absolute atomic E-state index is 13.8. The fourth-order valence-corrected chi connectivity index (χ4v) is 4.29. The molecule has 0 atom stereocenters. The van der Waals surface area contributed by atoms with Gasteiger partial charge in [0.1, 0.15) is 11.5 Å². The third kappa shape index (κ3) is 4.31. The van der Waals surface area contributed by atoms with Crippen LogP contribution in [-0.4, -0.2) is 20.3 Å². The van der Waals surface area contributed by atoms with E-state index in [9.17, 15) is 14.0 Å². The van der Waals surface area contributed by atoms with Crippen molar-refractivity contribution >= 4 is 22.6 Å². The van der Waals surface area contributed by atoms with Crippen LogP contribution in [0.5, 0.6) is 0 Å². The van der Waals surface area contributed by atoms with E-state index in [1.807, 2.05) is 38.1 Å². The second kappa shape index (κ2) is 9.02. The number of nitrogens with one attached hydrogen (secondary N) is 1. The highest BCUT2D eigenvalue weighted by molar-refractivity contribution is 5.91. The van der Waals surface area contributed by atoms with Gasteiger partial charge >= 0.3 is 0 Å². The Morgan fingerprint density at radius 3 is 2.61 bits per heavy atom. The van der Waals surface area contributed by atoms with Crippen molar-refractivity contribution in [3.8, 4) is 5.69 Å². The molecule has 0 saturated carbocycles. The number of hydrogen-bond acceptors (Lipinski definition) is 3. The summed E-state index contributed by atoms with van der Waals surface area (Å²) in [5.74, 6) is -0.514. The second-order valence-electron chi connectivity index (χ2n) is 8.25. The number of hydrogen-bond donors (Lipinski definition) is 1. The molecule has 0 bridgehead atoms. The van der Waals surface area contributed by atoms with Gasteiger partial charge in [-0.15, -0.1) is 0 Å². The summed E-state index contributed by atoms with van der Waals surface area (Å²) in [6.07, 6.45) is 1.40. The van der Waals surface area contributed by atoms with Gasteiger partial charge in [-0.2, -0.15) is 5.10 Å². The number of amides is 1. The van der Waals surface area contributed by atoms with E-state index < -0.39 is 0 Å². The molecule has 0 saturated heterocycles. The highest BCUT2D eigenvalue weighted by atomic mass is 19.1. The molecule has 2 aromatic heterocycles. The molecule has 7 heteroatoms. The first-order valence-corrected chi connectivity index (χ1v) is 11.0. The number of nitrogens with zero attached hydrogens (tertiary/aromatic N) is 3. The Hall–Kier alpha value is -3.74. The van der Waals surface area contributed by atoms with E-state index in [1.54, 1.807) is 23.9 Å². The van der Waals surface area contributed by atoms with Gasteiger partial charge in [0.05, 0.1) is 11.4 Å². The summed E-state index contributed by atoms with van der Waals surface area (Å²) in [6, 6.07) is 13.9. The first-order chi connectivity index (χ1) is 15.8. The van der Waals surface area contributed by atoms with Crippen LogP contribution in [0.3, 0.4) is 0 Å². The van der Waals surface area contributed by atoms with Crippen molar-refractivity contribution < 1.29 is 9.18 Å². The lowest BCUT2D eigenvalue weighted by molar-refractivity contribution is -0.116. The van der Waals surface area contributed by atoms with Gasteiger partial charge in [-0.1, -0.05) is 25.1 Å². The number of benzene rings is 2. The number of fused-ring (bicyclic) bond motifs is 1.